The van der Waals surface area contributed by atoms with Crippen LogP contribution in [-0.2, 0) is 19.1 Å². The van der Waals surface area contributed by atoms with E-state index in [0.717, 1.165) is 25.7 Å². The average molecular weight is 356 g/mol. The number of ether oxygens (including phenoxy) is 2. The van der Waals surface area contributed by atoms with Gasteiger partial charge in [0.2, 0.25) is 0 Å². The predicted molar refractivity (Wildman–Crippen MR) is 94.1 cm³/mol. The van der Waals surface area contributed by atoms with Gasteiger partial charge < -0.3 is 9.47 Å². The molecule has 0 aromatic heterocycles. The summed E-state index contributed by atoms with van der Waals surface area (Å²) in [6.45, 7) is 7.51. The summed E-state index contributed by atoms with van der Waals surface area (Å²) in [5, 5.41) is 0. The molecule has 0 bridgehead atoms. The van der Waals surface area contributed by atoms with Crippen molar-refractivity contribution < 1.29 is 19.1 Å². The van der Waals surface area contributed by atoms with Crippen LogP contribution in [-0.4, -0.2) is 29.6 Å². The molecule has 0 aromatic carbocycles. The molecule has 4 saturated carbocycles. The van der Waals surface area contributed by atoms with Crippen molar-refractivity contribution in [1.29, 1.82) is 0 Å². The summed E-state index contributed by atoms with van der Waals surface area (Å²) in [5.41, 5.74) is 0.999. The Labute approximate surface area is 154 Å². The molecule has 5 fully saturated rings. The lowest BCUT2D eigenvalue weighted by molar-refractivity contribution is -0.162. The van der Waals surface area contributed by atoms with Gasteiger partial charge >= 0.3 is 0 Å². The molecule has 4 heteroatoms. The smallest absolute Gasteiger partial charge is 0.293 e. The Bertz CT molecular complexity index is 772. The van der Waals surface area contributed by atoms with Crippen molar-refractivity contribution in [2.45, 2.75) is 76.6 Å². The van der Waals surface area contributed by atoms with Gasteiger partial charge in [0.1, 0.15) is 11.2 Å². The molecule has 1 heterocycles. The Balaban J connectivity index is 1.47. The van der Waals surface area contributed by atoms with Crippen LogP contribution in [0.2, 0.25) is 0 Å². The van der Waals surface area contributed by atoms with Crippen molar-refractivity contribution in [3.05, 3.63) is 11.6 Å². The lowest BCUT2D eigenvalue weighted by Crippen LogP contribution is -2.60. The van der Waals surface area contributed by atoms with Gasteiger partial charge in [-0.15, -0.1) is 0 Å². The van der Waals surface area contributed by atoms with Crippen molar-refractivity contribution >= 4 is 12.3 Å². The number of ketones is 1. The SMILES string of the molecule is C[C@]12CCC(=O)C=C1[C@@H]1C[C@@H]1[C@H]1[C@@H]3CC[C@](C)(OC=O)[C@@]3(C)C[C@@H]3O[C@@]132. The standard InChI is InChI=1S/C22H28O4/c1-19-6-4-12(24)8-16(19)13-9-14(13)18-15-5-7-21(3,25-11-23)20(15,2)10-17-22(18,19)26-17/h8,11,13-15,17-18H,4-7,9-10H2,1-3H3/t13-,14+,15+,17+,18+,19+,20+,21+,22-/m1/s1. The van der Waals surface area contributed by atoms with E-state index in [0.29, 0.717) is 42.3 Å². The van der Waals surface area contributed by atoms with Gasteiger partial charge in [0.25, 0.3) is 6.47 Å². The summed E-state index contributed by atoms with van der Waals surface area (Å²) in [6.07, 6.45) is 8.13. The number of rotatable bonds is 2. The second kappa shape index (κ2) is 4.29. The first kappa shape index (κ1) is 15.9. The highest BCUT2D eigenvalue weighted by molar-refractivity contribution is 5.92. The quantitative estimate of drug-likeness (QED) is 0.562. The van der Waals surface area contributed by atoms with Crippen molar-refractivity contribution in [1.82, 2.24) is 0 Å². The van der Waals surface area contributed by atoms with E-state index in [1.165, 1.54) is 12.0 Å². The number of epoxide rings is 1. The molecule has 6 rings (SSSR count). The Morgan fingerprint density at radius 1 is 1.27 bits per heavy atom. The molecule has 140 valence electrons. The van der Waals surface area contributed by atoms with Gasteiger partial charge in [-0.2, -0.15) is 0 Å². The van der Waals surface area contributed by atoms with Crippen LogP contribution in [0.5, 0.6) is 0 Å². The van der Waals surface area contributed by atoms with Crippen LogP contribution in [0.3, 0.4) is 0 Å². The summed E-state index contributed by atoms with van der Waals surface area (Å²) in [4.78, 5) is 23.3. The van der Waals surface area contributed by atoms with Crippen LogP contribution < -0.4 is 0 Å². The fourth-order valence-electron chi connectivity index (χ4n) is 8.34. The van der Waals surface area contributed by atoms with Crippen LogP contribution in [0, 0.1) is 34.5 Å². The largest absolute Gasteiger partial charge is 0.461 e. The van der Waals surface area contributed by atoms with Crippen LogP contribution in [0.4, 0.5) is 0 Å². The Morgan fingerprint density at radius 3 is 2.85 bits per heavy atom. The topological polar surface area (TPSA) is 55.9 Å². The second-order valence-corrected chi connectivity index (χ2v) is 10.5. The number of fused-ring (bicyclic) bond motifs is 6. The molecule has 0 radical (unpaired) electrons. The van der Waals surface area contributed by atoms with Crippen molar-refractivity contribution in [2.24, 2.45) is 34.5 Å². The van der Waals surface area contributed by atoms with Gasteiger partial charge in [-0.05, 0) is 68.8 Å². The van der Waals surface area contributed by atoms with E-state index in [9.17, 15) is 9.59 Å². The highest BCUT2D eigenvalue weighted by Crippen LogP contribution is 2.82. The maximum absolute atomic E-state index is 12.1. The summed E-state index contributed by atoms with van der Waals surface area (Å²) < 4.78 is 12.4. The molecule has 4 nitrogen and oxygen atoms in total. The highest BCUT2D eigenvalue weighted by Gasteiger charge is 2.85. The van der Waals surface area contributed by atoms with E-state index in [-0.39, 0.29) is 28.1 Å². The maximum Gasteiger partial charge on any atom is 0.293 e. The minimum absolute atomic E-state index is 0.00154. The summed E-state index contributed by atoms with van der Waals surface area (Å²) in [5.74, 6) is 2.67. The first-order valence-corrected chi connectivity index (χ1v) is 10.3. The van der Waals surface area contributed by atoms with Crippen molar-refractivity contribution in [2.75, 3.05) is 0 Å². The van der Waals surface area contributed by atoms with Gasteiger partial charge in [0, 0.05) is 17.3 Å². The first-order chi connectivity index (χ1) is 12.3. The van der Waals surface area contributed by atoms with Crippen molar-refractivity contribution in [3.8, 4) is 0 Å². The fraction of sp³-hybridized carbons (Fsp3) is 0.818. The van der Waals surface area contributed by atoms with Gasteiger partial charge in [-0.3, -0.25) is 9.59 Å². The van der Waals surface area contributed by atoms with Gasteiger partial charge in [-0.1, -0.05) is 19.4 Å². The Kier molecular flexibility index (Phi) is 2.62. The summed E-state index contributed by atoms with van der Waals surface area (Å²) in [6, 6.07) is 0. The number of hydrogen-bond donors (Lipinski definition) is 0. The number of hydrogen-bond acceptors (Lipinski definition) is 4. The number of carbonyl (C=O) groups excluding carboxylic acids is 2. The lowest BCUT2D eigenvalue weighted by atomic mass is 9.46. The van der Waals surface area contributed by atoms with Crippen LogP contribution in [0.25, 0.3) is 0 Å². The zero-order valence-corrected chi connectivity index (χ0v) is 15.9. The third-order valence-electron chi connectivity index (χ3n) is 9.95. The molecule has 0 aromatic rings. The predicted octanol–water partition coefficient (Wildman–Crippen LogP) is 3.44. The summed E-state index contributed by atoms with van der Waals surface area (Å²) >= 11 is 0. The fourth-order valence-corrected chi connectivity index (χ4v) is 8.34. The molecule has 0 unspecified atom stereocenters. The van der Waals surface area contributed by atoms with E-state index >= 15 is 0 Å². The molecule has 0 amide bonds. The Morgan fingerprint density at radius 2 is 2.08 bits per heavy atom. The van der Waals surface area contributed by atoms with E-state index in [1.807, 2.05) is 6.08 Å². The molecule has 1 aliphatic heterocycles. The van der Waals surface area contributed by atoms with Gasteiger partial charge in [0.05, 0.1) is 6.10 Å². The second-order valence-electron chi connectivity index (χ2n) is 10.5. The molecule has 1 spiro atoms. The first-order valence-electron chi connectivity index (χ1n) is 10.3. The zero-order chi connectivity index (χ0) is 18.1. The number of carbonyl (C=O) groups is 2. The van der Waals surface area contributed by atoms with Crippen LogP contribution in [0.15, 0.2) is 11.6 Å². The molecular weight excluding hydrogens is 328 g/mol. The highest BCUT2D eigenvalue weighted by atomic mass is 16.6. The lowest BCUT2D eigenvalue weighted by Gasteiger charge is -2.56. The van der Waals surface area contributed by atoms with E-state index in [1.54, 1.807) is 0 Å². The van der Waals surface area contributed by atoms with Gasteiger partial charge in [0.15, 0.2) is 5.78 Å². The van der Waals surface area contributed by atoms with E-state index in [4.69, 9.17) is 9.47 Å². The molecule has 1 saturated heterocycles. The zero-order valence-electron chi connectivity index (χ0n) is 15.9. The maximum atomic E-state index is 12.1. The van der Waals surface area contributed by atoms with Crippen LogP contribution in [0.1, 0.15) is 59.3 Å². The molecular formula is C22H28O4. The monoisotopic (exact) mass is 356 g/mol. The molecule has 9 atom stereocenters. The Hall–Kier alpha value is -1.16. The average Bonchev–Trinajstić information content (AvgIpc) is 3.47. The van der Waals surface area contributed by atoms with Gasteiger partial charge in [-0.25, -0.2) is 0 Å². The molecule has 0 N–H and O–H groups in total. The third-order valence-corrected chi connectivity index (χ3v) is 9.95. The third kappa shape index (κ3) is 1.44. The normalized spacial score (nSPS) is 61.3. The van der Waals surface area contributed by atoms with Crippen LogP contribution >= 0.6 is 0 Å². The molecule has 5 aliphatic carbocycles. The minimum atomic E-state index is -0.374. The molecule has 26 heavy (non-hydrogen) atoms. The van der Waals surface area contributed by atoms with E-state index in [2.05, 4.69) is 20.8 Å². The molecule has 6 aliphatic rings. The van der Waals surface area contributed by atoms with E-state index < -0.39 is 0 Å². The summed E-state index contributed by atoms with van der Waals surface area (Å²) in [7, 11) is 0. The van der Waals surface area contributed by atoms with Crippen molar-refractivity contribution in [3.63, 3.8) is 0 Å². The minimum Gasteiger partial charge on any atom is -0.461 e.